The number of amides is 1. The van der Waals surface area contributed by atoms with Crippen LogP contribution in [0.2, 0.25) is 0 Å². The largest absolute Gasteiger partial charge is 0.340 e. The molecule has 154 valence electrons. The van der Waals surface area contributed by atoms with Crippen molar-refractivity contribution in [3.63, 3.8) is 0 Å². The van der Waals surface area contributed by atoms with E-state index >= 15 is 0 Å². The summed E-state index contributed by atoms with van der Waals surface area (Å²) < 4.78 is 26.7. The second kappa shape index (κ2) is 8.88. The molecule has 0 saturated carbocycles. The summed E-state index contributed by atoms with van der Waals surface area (Å²) in [7, 11) is -3.54. The molecule has 0 radical (unpaired) electrons. The number of carbonyl (C=O) groups excluding carboxylic acids is 2. The number of hydrogen-bond acceptors (Lipinski definition) is 4. The molecule has 29 heavy (non-hydrogen) atoms. The normalized spacial score (nSPS) is 15.3. The quantitative estimate of drug-likeness (QED) is 0.681. The standard InChI is InChI=1S/C22H26N2O4S/c1-17-8-9-19(16-18(17)2)21(25)10-11-22(26)23-12-14-24(15-13-23)29(27,28)20-6-4-3-5-7-20/h3-9,16H,10-15H2,1-2H3. The van der Waals surface area contributed by atoms with Gasteiger partial charge >= 0.3 is 0 Å². The van der Waals surface area contributed by atoms with Gasteiger partial charge in [-0.3, -0.25) is 9.59 Å². The summed E-state index contributed by atoms with van der Waals surface area (Å²) in [5.74, 6) is -0.161. The Morgan fingerprint density at radius 3 is 2.14 bits per heavy atom. The molecule has 3 rings (SSSR count). The zero-order valence-corrected chi connectivity index (χ0v) is 17.6. The Hall–Kier alpha value is -2.51. The number of rotatable bonds is 6. The van der Waals surface area contributed by atoms with Crippen molar-refractivity contribution in [3.05, 3.63) is 65.2 Å². The number of carbonyl (C=O) groups is 2. The van der Waals surface area contributed by atoms with E-state index in [1.54, 1.807) is 41.3 Å². The van der Waals surface area contributed by atoms with Crippen LogP contribution in [0, 0.1) is 13.8 Å². The summed E-state index contributed by atoms with van der Waals surface area (Å²) in [5, 5.41) is 0. The summed E-state index contributed by atoms with van der Waals surface area (Å²) >= 11 is 0. The first-order valence-electron chi connectivity index (χ1n) is 9.72. The number of ketones is 1. The lowest BCUT2D eigenvalue weighted by Crippen LogP contribution is -2.50. The van der Waals surface area contributed by atoms with E-state index < -0.39 is 10.0 Å². The molecule has 6 nitrogen and oxygen atoms in total. The van der Waals surface area contributed by atoms with E-state index in [1.165, 1.54) is 4.31 Å². The van der Waals surface area contributed by atoms with Crippen LogP contribution in [0.4, 0.5) is 0 Å². The predicted octanol–water partition coefficient (Wildman–Crippen LogP) is 2.80. The number of Topliss-reactive ketones (excluding diaryl/α,β-unsaturated/α-hetero) is 1. The predicted molar refractivity (Wildman–Crippen MR) is 111 cm³/mol. The van der Waals surface area contributed by atoms with E-state index in [1.807, 2.05) is 26.0 Å². The Morgan fingerprint density at radius 2 is 1.52 bits per heavy atom. The minimum absolute atomic E-state index is 0.0493. The van der Waals surface area contributed by atoms with Crippen molar-refractivity contribution >= 4 is 21.7 Å². The van der Waals surface area contributed by atoms with Crippen molar-refractivity contribution in [1.82, 2.24) is 9.21 Å². The first-order chi connectivity index (χ1) is 13.8. The minimum Gasteiger partial charge on any atom is -0.340 e. The van der Waals surface area contributed by atoms with Gasteiger partial charge in [0.25, 0.3) is 0 Å². The molecule has 2 aromatic rings. The van der Waals surface area contributed by atoms with Gasteiger partial charge in [0.05, 0.1) is 4.90 Å². The molecule has 1 heterocycles. The van der Waals surface area contributed by atoms with E-state index in [2.05, 4.69) is 0 Å². The van der Waals surface area contributed by atoms with Gasteiger partial charge in [0.1, 0.15) is 0 Å². The lowest BCUT2D eigenvalue weighted by atomic mass is 10.0. The minimum atomic E-state index is -3.54. The molecule has 0 bridgehead atoms. The third-order valence-electron chi connectivity index (χ3n) is 5.37. The van der Waals surface area contributed by atoms with E-state index in [0.717, 1.165) is 11.1 Å². The summed E-state index contributed by atoms with van der Waals surface area (Å²) in [4.78, 5) is 26.8. The van der Waals surface area contributed by atoms with Crippen LogP contribution in [0.5, 0.6) is 0 Å². The molecular formula is C22H26N2O4S. The monoisotopic (exact) mass is 414 g/mol. The van der Waals surface area contributed by atoms with Gasteiger partial charge in [-0.05, 0) is 43.2 Å². The van der Waals surface area contributed by atoms with Crippen LogP contribution < -0.4 is 0 Å². The number of nitrogens with zero attached hydrogens (tertiary/aromatic N) is 2. The molecule has 0 spiro atoms. The molecule has 7 heteroatoms. The van der Waals surface area contributed by atoms with Crippen LogP contribution in [0.25, 0.3) is 0 Å². The molecular weight excluding hydrogens is 388 g/mol. The molecule has 0 aromatic heterocycles. The SMILES string of the molecule is Cc1ccc(C(=O)CCC(=O)N2CCN(S(=O)(=O)c3ccccc3)CC2)cc1C. The van der Waals surface area contributed by atoms with Crippen molar-refractivity contribution in [2.24, 2.45) is 0 Å². The number of piperazine rings is 1. The third-order valence-corrected chi connectivity index (χ3v) is 7.28. The molecule has 0 aliphatic carbocycles. The average Bonchev–Trinajstić information content (AvgIpc) is 2.74. The number of hydrogen-bond donors (Lipinski definition) is 0. The zero-order valence-electron chi connectivity index (χ0n) is 16.8. The van der Waals surface area contributed by atoms with Crippen LogP contribution in [0.1, 0.15) is 34.3 Å². The Kier molecular flexibility index (Phi) is 6.49. The topological polar surface area (TPSA) is 74.8 Å². The Morgan fingerprint density at radius 1 is 0.862 bits per heavy atom. The number of aryl methyl sites for hydroxylation is 2. The van der Waals surface area contributed by atoms with E-state index in [9.17, 15) is 18.0 Å². The van der Waals surface area contributed by atoms with Gasteiger partial charge in [-0.2, -0.15) is 4.31 Å². The van der Waals surface area contributed by atoms with Gasteiger partial charge in [0.15, 0.2) is 5.78 Å². The first-order valence-corrected chi connectivity index (χ1v) is 11.2. The van der Waals surface area contributed by atoms with Crippen LogP contribution in [-0.4, -0.2) is 55.5 Å². The lowest BCUT2D eigenvalue weighted by Gasteiger charge is -2.34. The summed E-state index contributed by atoms with van der Waals surface area (Å²) in [6.45, 7) is 5.14. The third kappa shape index (κ3) is 4.92. The molecule has 0 atom stereocenters. The maximum Gasteiger partial charge on any atom is 0.243 e. The highest BCUT2D eigenvalue weighted by molar-refractivity contribution is 7.89. The Bertz CT molecular complexity index is 995. The molecule has 1 aliphatic rings. The van der Waals surface area contributed by atoms with Crippen molar-refractivity contribution in [2.45, 2.75) is 31.6 Å². The molecule has 1 amide bonds. The van der Waals surface area contributed by atoms with Gasteiger partial charge in [-0.15, -0.1) is 0 Å². The van der Waals surface area contributed by atoms with Gasteiger partial charge in [0.2, 0.25) is 15.9 Å². The zero-order chi connectivity index (χ0) is 21.0. The highest BCUT2D eigenvalue weighted by atomic mass is 32.2. The maximum absolute atomic E-state index is 12.7. The fourth-order valence-electron chi connectivity index (χ4n) is 3.36. The molecule has 2 aromatic carbocycles. The number of benzene rings is 2. The van der Waals surface area contributed by atoms with Crippen LogP contribution >= 0.6 is 0 Å². The van der Waals surface area contributed by atoms with Crippen LogP contribution in [0.3, 0.4) is 0 Å². The smallest absolute Gasteiger partial charge is 0.243 e. The maximum atomic E-state index is 12.7. The summed E-state index contributed by atoms with van der Waals surface area (Å²) in [5.41, 5.74) is 2.80. The molecule has 1 saturated heterocycles. The van der Waals surface area contributed by atoms with Crippen molar-refractivity contribution < 1.29 is 18.0 Å². The van der Waals surface area contributed by atoms with Crippen molar-refractivity contribution in [2.75, 3.05) is 26.2 Å². The highest BCUT2D eigenvalue weighted by Gasteiger charge is 2.30. The highest BCUT2D eigenvalue weighted by Crippen LogP contribution is 2.18. The second-order valence-electron chi connectivity index (χ2n) is 7.32. The van der Waals surface area contributed by atoms with Crippen molar-refractivity contribution in [1.29, 1.82) is 0 Å². The van der Waals surface area contributed by atoms with E-state index in [0.29, 0.717) is 18.7 Å². The van der Waals surface area contributed by atoms with E-state index in [-0.39, 0.29) is 42.5 Å². The molecule has 1 aliphatic heterocycles. The van der Waals surface area contributed by atoms with Crippen molar-refractivity contribution in [3.8, 4) is 0 Å². The molecule has 1 fully saturated rings. The summed E-state index contributed by atoms with van der Waals surface area (Å²) in [6.07, 6.45) is 0.293. The van der Waals surface area contributed by atoms with Gasteiger partial charge in [0, 0.05) is 44.6 Å². The number of sulfonamides is 1. The Balaban J connectivity index is 1.52. The lowest BCUT2D eigenvalue weighted by molar-refractivity contribution is -0.132. The average molecular weight is 415 g/mol. The summed E-state index contributed by atoms with van der Waals surface area (Å²) in [6, 6.07) is 13.9. The second-order valence-corrected chi connectivity index (χ2v) is 9.26. The molecule has 0 N–H and O–H groups in total. The fourth-order valence-corrected chi connectivity index (χ4v) is 4.80. The van der Waals surface area contributed by atoms with Gasteiger partial charge in [-0.25, -0.2) is 8.42 Å². The van der Waals surface area contributed by atoms with Crippen LogP contribution in [-0.2, 0) is 14.8 Å². The van der Waals surface area contributed by atoms with Gasteiger partial charge in [-0.1, -0.05) is 30.3 Å². The van der Waals surface area contributed by atoms with Gasteiger partial charge < -0.3 is 4.90 Å². The molecule has 0 unspecified atom stereocenters. The Labute approximate surface area is 172 Å². The van der Waals surface area contributed by atoms with Crippen LogP contribution in [0.15, 0.2) is 53.4 Å². The fraction of sp³-hybridized carbons (Fsp3) is 0.364. The van der Waals surface area contributed by atoms with E-state index in [4.69, 9.17) is 0 Å². The first kappa shape index (κ1) is 21.2.